The Balaban J connectivity index is 2.12. The lowest BCUT2D eigenvalue weighted by molar-refractivity contribution is 0.277. The minimum Gasteiger partial charge on any atom is -0.304 e. The number of hydrogen-bond donors (Lipinski definition) is 0. The molecule has 0 bridgehead atoms. The van der Waals surface area contributed by atoms with Crippen molar-refractivity contribution in [3.05, 3.63) is 34.9 Å². The van der Waals surface area contributed by atoms with Crippen LogP contribution in [0.3, 0.4) is 0 Å². The maximum atomic E-state index is 5.90. The summed E-state index contributed by atoms with van der Waals surface area (Å²) in [6.45, 7) is 8.20. The van der Waals surface area contributed by atoms with Gasteiger partial charge in [0.1, 0.15) is 0 Å². The van der Waals surface area contributed by atoms with E-state index in [0.717, 1.165) is 11.4 Å². The van der Waals surface area contributed by atoms with Crippen molar-refractivity contribution in [1.29, 1.82) is 0 Å². The summed E-state index contributed by atoms with van der Waals surface area (Å²) in [5.41, 5.74) is 1.40. The van der Waals surface area contributed by atoms with E-state index in [1.54, 1.807) is 0 Å². The van der Waals surface area contributed by atoms with Gasteiger partial charge in [0.05, 0.1) is 0 Å². The van der Waals surface area contributed by atoms with E-state index in [1.165, 1.54) is 63.7 Å². The summed E-state index contributed by atoms with van der Waals surface area (Å²) in [6.07, 6.45) is 9.27. The molecule has 0 fully saturated rings. The number of nitrogens with zero attached hydrogens (tertiary/aromatic N) is 1. The number of halogens is 1. The molecule has 114 valence electrons. The van der Waals surface area contributed by atoms with Crippen LogP contribution in [0.5, 0.6) is 0 Å². The molecule has 0 unspecified atom stereocenters. The first kappa shape index (κ1) is 17.5. The highest BCUT2D eigenvalue weighted by Gasteiger charge is 2.02. The Kier molecular flexibility index (Phi) is 9.78. The molecular weight excluding hydrogens is 266 g/mol. The second-order valence-corrected chi connectivity index (χ2v) is 6.01. The molecule has 0 radical (unpaired) electrons. The van der Waals surface area contributed by atoms with Gasteiger partial charge in [-0.2, -0.15) is 0 Å². The predicted molar refractivity (Wildman–Crippen MR) is 90.6 cm³/mol. The topological polar surface area (TPSA) is 3.24 Å². The molecule has 0 amide bonds. The maximum Gasteiger partial charge on any atom is 0.0406 e. The first-order chi connectivity index (χ1) is 9.76. The zero-order chi connectivity index (χ0) is 14.6. The van der Waals surface area contributed by atoms with Crippen LogP contribution in [0.1, 0.15) is 57.9 Å². The van der Waals surface area contributed by atoms with Gasteiger partial charge in [0.2, 0.25) is 0 Å². The van der Waals surface area contributed by atoms with E-state index >= 15 is 0 Å². The normalized spacial score (nSPS) is 11.2. The summed E-state index contributed by atoms with van der Waals surface area (Å²) in [6, 6.07) is 8.26. The molecule has 0 aliphatic rings. The average Bonchev–Trinajstić information content (AvgIpc) is 2.47. The van der Waals surface area contributed by atoms with Gasteiger partial charge in [-0.1, -0.05) is 63.3 Å². The van der Waals surface area contributed by atoms with Crippen LogP contribution in [0.2, 0.25) is 5.02 Å². The zero-order valence-corrected chi connectivity index (χ0v) is 14.0. The van der Waals surface area contributed by atoms with Gasteiger partial charge in [-0.25, -0.2) is 0 Å². The van der Waals surface area contributed by atoms with E-state index in [1.807, 2.05) is 12.1 Å². The van der Waals surface area contributed by atoms with Gasteiger partial charge >= 0.3 is 0 Å². The molecule has 2 heteroatoms. The van der Waals surface area contributed by atoms with E-state index < -0.39 is 0 Å². The molecule has 0 aliphatic heterocycles. The fourth-order valence-electron chi connectivity index (χ4n) is 2.52. The highest BCUT2D eigenvalue weighted by Crippen LogP contribution is 2.11. The van der Waals surface area contributed by atoms with Gasteiger partial charge in [-0.05, 0) is 56.6 Å². The summed E-state index contributed by atoms with van der Waals surface area (Å²) in [7, 11) is 0. The quantitative estimate of drug-likeness (QED) is 0.483. The van der Waals surface area contributed by atoms with Gasteiger partial charge in [0.25, 0.3) is 0 Å². The minimum absolute atomic E-state index is 0.830. The smallest absolute Gasteiger partial charge is 0.0406 e. The first-order valence-electron chi connectivity index (χ1n) is 8.23. The fourth-order valence-corrected chi connectivity index (χ4v) is 2.65. The maximum absolute atomic E-state index is 5.90. The Morgan fingerprint density at radius 3 is 2.15 bits per heavy atom. The summed E-state index contributed by atoms with van der Waals surface area (Å²) < 4.78 is 0. The summed E-state index contributed by atoms with van der Waals surface area (Å²) in [5, 5.41) is 0.830. The van der Waals surface area contributed by atoms with Crippen LogP contribution in [0.4, 0.5) is 0 Å². The van der Waals surface area contributed by atoms with Gasteiger partial charge < -0.3 is 4.90 Å². The third kappa shape index (κ3) is 7.91. The number of rotatable bonds is 11. The second-order valence-electron chi connectivity index (χ2n) is 5.58. The Morgan fingerprint density at radius 1 is 0.850 bits per heavy atom. The lowest BCUT2D eigenvalue weighted by Crippen LogP contribution is -2.26. The number of hydrogen-bond acceptors (Lipinski definition) is 1. The fraction of sp³-hybridized carbons (Fsp3) is 0.667. The third-order valence-electron chi connectivity index (χ3n) is 3.88. The van der Waals surface area contributed by atoms with Crippen LogP contribution < -0.4 is 0 Å². The molecular formula is C18H30ClN. The summed E-state index contributed by atoms with van der Waals surface area (Å²) in [4.78, 5) is 2.59. The van der Waals surface area contributed by atoms with Crippen molar-refractivity contribution in [2.24, 2.45) is 0 Å². The van der Waals surface area contributed by atoms with E-state index in [0.29, 0.717) is 0 Å². The molecule has 1 aromatic carbocycles. The summed E-state index contributed by atoms with van der Waals surface area (Å²) >= 11 is 5.90. The molecule has 0 atom stereocenters. The number of aryl methyl sites for hydroxylation is 1. The molecule has 0 aliphatic carbocycles. The van der Waals surface area contributed by atoms with Crippen molar-refractivity contribution in [3.8, 4) is 0 Å². The Morgan fingerprint density at radius 2 is 1.50 bits per heavy atom. The van der Waals surface area contributed by atoms with Crippen molar-refractivity contribution in [2.45, 2.75) is 58.8 Å². The van der Waals surface area contributed by atoms with Crippen molar-refractivity contribution in [1.82, 2.24) is 4.90 Å². The van der Waals surface area contributed by atoms with Crippen molar-refractivity contribution in [2.75, 3.05) is 19.6 Å². The SMILES string of the molecule is CCCCCCCN(CC)CCCc1ccc(Cl)cc1. The Bertz CT molecular complexity index is 334. The van der Waals surface area contributed by atoms with E-state index in [9.17, 15) is 0 Å². The lowest BCUT2D eigenvalue weighted by Gasteiger charge is -2.20. The van der Waals surface area contributed by atoms with Crippen LogP contribution in [-0.4, -0.2) is 24.5 Å². The molecule has 0 spiro atoms. The minimum atomic E-state index is 0.830. The van der Waals surface area contributed by atoms with Crippen LogP contribution >= 0.6 is 11.6 Å². The number of benzene rings is 1. The molecule has 1 rings (SSSR count). The van der Waals surface area contributed by atoms with Crippen molar-refractivity contribution in [3.63, 3.8) is 0 Å². The second kappa shape index (κ2) is 11.2. The van der Waals surface area contributed by atoms with Crippen molar-refractivity contribution < 1.29 is 0 Å². The van der Waals surface area contributed by atoms with Crippen molar-refractivity contribution >= 4 is 11.6 Å². The van der Waals surface area contributed by atoms with Crippen LogP contribution in [-0.2, 0) is 6.42 Å². The largest absolute Gasteiger partial charge is 0.304 e. The van der Waals surface area contributed by atoms with Crippen LogP contribution in [0.25, 0.3) is 0 Å². The van der Waals surface area contributed by atoms with Gasteiger partial charge in [-0.3, -0.25) is 0 Å². The van der Waals surface area contributed by atoms with Gasteiger partial charge in [0, 0.05) is 5.02 Å². The number of unbranched alkanes of at least 4 members (excludes halogenated alkanes) is 4. The standard InChI is InChI=1S/C18H30ClN/c1-3-5-6-7-8-15-20(4-2)16-9-10-17-11-13-18(19)14-12-17/h11-14H,3-10,15-16H2,1-2H3. The Labute approximate surface area is 130 Å². The van der Waals surface area contributed by atoms with E-state index in [-0.39, 0.29) is 0 Å². The molecule has 0 N–H and O–H groups in total. The van der Waals surface area contributed by atoms with Crippen LogP contribution in [0, 0.1) is 0 Å². The summed E-state index contributed by atoms with van der Waals surface area (Å²) in [5.74, 6) is 0. The third-order valence-corrected chi connectivity index (χ3v) is 4.13. The first-order valence-corrected chi connectivity index (χ1v) is 8.60. The lowest BCUT2D eigenvalue weighted by atomic mass is 10.1. The molecule has 0 aromatic heterocycles. The molecule has 1 aromatic rings. The van der Waals surface area contributed by atoms with Gasteiger partial charge in [0.15, 0.2) is 0 Å². The van der Waals surface area contributed by atoms with Crippen LogP contribution in [0.15, 0.2) is 24.3 Å². The average molecular weight is 296 g/mol. The highest BCUT2D eigenvalue weighted by atomic mass is 35.5. The molecule has 0 heterocycles. The highest BCUT2D eigenvalue weighted by molar-refractivity contribution is 6.30. The Hall–Kier alpha value is -0.530. The zero-order valence-electron chi connectivity index (χ0n) is 13.2. The molecule has 1 nitrogen and oxygen atoms in total. The molecule has 0 saturated carbocycles. The van der Waals surface area contributed by atoms with Gasteiger partial charge in [-0.15, -0.1) is 0 Å². The monoisotopic (exact) mass is 295 g/mol. The molecule has 0 saturated heterocycles. The van der Waals surface area contributed by atoms with E-state index in [2.05, 4.69) is 30.9 Å². The predicted octanol–water partition coefficient (Wildman–Crippen LogP) is 5.56. The molecule has 20 heavy (non-hydrogen) atoms. The van der Waals surface area contributed by atoms with E-state index in [4.69, 9.17) is 11.6 Å².